The van der Waals surface area contributed by atoms with Gasteiger partial charge in [-0.1, -0.05) is 6.92 Å². The number of carbonyl (C=O) groups excluding carboxylic acids is 1. The minimum Gasteiger partial charge on any atom is -0.298 e. The van der Waals surface area contributed by atoms with Crippen molar-refractivity contribution in [1.82, 2.24) is 4.90 Å². The Morgan fingerprint density at radius 2 is 2.50 bits per heavy atom. The van der Waals surface area contributed by atoms with Crippen LogP contribution in [0.4, 0.5) is 0 Å². The minimum atomic E-state index is 0.315. The van der Waals surface area contributed by atoms with E-state index in [2.05, 4.69) is 11.8 Å². The third kappa shape index (κ3) is 0.717. The van der Waals surface area contributed by atoms with Gasteiger partial charge < -0.3 is 0 Å². The van der Waals surface area contributed by atoms with Crippen LogP contribution in [0.3, 0.4) is 0 Å². The van der Waals surface area contributed by atoms with Gasteiger partial charge >= 0.3 is 0 Å². The molecular formula is C8H13NO. The van der Waals surface area contributed by atoms with E-state index in [0.717, 1.165) is 19.4 Å². The van der Waals surface area contributed by atoms with Crippen molar-refractivity contribution in [3.05, 3.63) is 0 Å². The molecule has 1 saturated heterocycles. The van der Waals surface area contributed by atoms with E-state index in [-0.39, 0.29) is 0 Å². The van der Waals surface area contributed by atoms with Crippen LogP contribution in [0.1, 0.15) is 19.8 Å². The van der Waals surface area contributed by atoms with Crippen molar-refractivity contribution in [3.8, 4) is 0 Å². The second-order valence-corrected chi connectivity index (χ2v) is 3.38. The largest absolute Gasteiger partial charge is 0.298 e. The van der Waals surface area contributed by atoms with Gasteiger partial charge in [-0.25, -0.2) is 0 Å². The summed E-state index contributed by atoms with van der Waals surface area (Å²) in [5, 5.41) is 0. The number of hydrogen-bond acceptors (Lipinski definition) is 2. The number of piperidine rings is 1. The Labute approximate surface area is 61.2 Å². The SMILES string of the molecule is CCN1CC2CC(=O)C1C2. The molecule has 1 aliphatic carbocycles. The van der Waals surface area contributed by atoms with Gasteiger partial charge in [-0.3, -0.25) is 9.69 Å². The highest BCUT2D eigenvalue weighted by Crippen LogP contribution is 2.34. The van der Waals surface area contributed by atoms with Crippen molar-refractivity contribution >= 4 is 5.78 Å². The number of nitrogens with zero attached hydrogens (tertiary/aromatic N) is 1. The monoisotopic (exact) mass is 139 g/mol. The third-order valence-electron chi connectivity index (χ3n) is 2.76. The van der Waals surface area contributed by atoms with Gasteiger partial charge in [0.15, 0.2) is 0 Å². The highest BCUT2D eigenvalue weighted by molar-refractivity contribution is 5.87. The van der Waals surface area contributed by atoms with Crippen LogP contribution in [-0.2, 0) is 4.79 Å². The van der Waals surface area contributed by atoms with E-state index in [0.29, 0.717) is 17.7 Å². The van der Waals surface area contributed by atoms with Crippen LogP contribution in [0.15, 0.2) is 0 Å². The number of carbonyl (C=O) groups is 1. The van der Waals surface area contributed by atoms with Crippen LogP contribution in [0.25, 0.3) is 0 Å². The van der Waals surface area contributed by atoms with Crippen LogP contribution >= 0.6 is 0 Å². The summed E-state index contributed by atoms with van der Waals surface area (Å²) in [5.74, 6) is 1.19. The molecule has 0 N–H and O–H groups in total. The Kier molecular flexibility index (Phi) is 1.31. The zero-order valence-electron chi connectivity index (χ0n) is 6.34. The zero-order valence-corrected chi connectivity index (χ0v) is 6.34. The van der Waals surface area contributed by atoms with Gasteiger partial charge in [0.25, 0.3) is 0 Å². The summed E-state index contributed by atoms with van der Waals surface area (Å²) in [6.07, 6.45) is 2.01. The van der Waals surface area contributed by atoms with E-state index in [1.807, 2.05) is 0 Å². The fourth-order valence-corrected chi connectivity index (χ4v) is 2.25. The second-order valence-electron chi connectivity index (χ2n) is 3.38. The van der Waals surface area contributed by atoms with E-state index in [9.17, 15) is 4.79 Å². The first-order valence-corrected chi connectivity index (χ1v) is 4.08. The van der Waals surface area contributed by atoms with Crippen LogP contribution in [-0.4, -0.2) is 29.8 Å². The first-order chi connectivity index (χ1) is 4.81. The lowest BCUT2D eigenvalue weighted by molar-refractivity contribution is -0.123. The molecule has 2 nitrogen and oxygen atoms in total. The number of likely N-dealkylation sites (N-methyl/N-ethyl adjacent to an activating group) is 1. The Balaban J connectivity index is 2.12. The first kappa shape index (κ1) is 6.35. The topological polar surface area (TPSA) is 20.3 Å². The van der Waals surface area contributed by atoms with Crippen LogP contribution in [0.2, 0.25) is 0 Å². The third-order valence-corrected chi connectivity index (χ3v) is 2.76. The molecule has 2 atom stereocenters. The molecule has 0 aromatic rings. The molecule has 0 radical (unpaired) electrons. The van der Waals surface area contributed by atoms with Crippen molar-refractivity contribution in [1.29, 1.82) is 0 Å². The Bertz CT molecular complexity index is 167. The molecule has 2 unspecified atom stereocenters. The highest BCUT2D eigenvalue weighted by Gasteiger charge is 2.42. The maximum atomic E-state index is 11.2. The number of ketones is 1. The lowest BCUT2D eigenvalue weighted by atomic mass is 10.1. The van der Waals surface area contributed by atoms with E-state index in [1.54, 1.807) is 0 Å². The average Bonchev–Trinajstić information content (AvgIpc) is 2.44. The summed E-state index contributed by atoms with van der Waals surface area (Å²) in [7, 11) is 0. The smallest absolute Gasteiger partial charge is 0.150 e. The molecule has 1 aliphatic heterocycles. The van der Waals surface area contributed by atoms with Gasteiger partial charge in [-0.15, -0.1) is 0 Å². The summed E-state index contributed by atoms with van der Waals surface area (Å²) >= 11 is 0. The average molecular weight is 139 g/mol. The van der Waals surface area contributed by atoms with Crippen molar-refractivity contribution in [2.45, 2.75) is 25.8 Å². The van der Waals surface area contributed by atoms with E-state index in [1.165, 1.54) is 6.54 Å². The molecule has 1 saturated carbocycles. The first-order valence-electron chi connectivity index (χ1n) is 4.08. The van der Waals surface area contributed by atoms with Crippen LogP contribution in [0, 0.1) is 5.92 Å². The lowest BCUT2D eigenvalue weighted by Gasteiger charge is -2.23. The zero-order chi connectivity index (χ0) is 7.14. The maximum absolute atomic E-state index is 11.2. The molecule has 10 heavy (non-hydrogen) atoms. The lowest BCUT2D eigenvalue weighted by Crippen LogP contribution is -2.37. The Morgan fingerprint density at radius 1 is 1.70 bits per heavy atom. The molecule has 2 bridgehead atoms. The van der Waals surface area contributed by atoms with Gasteiger partial charge in [-0.05, 0) is 18.9 Å². The predicted molar refractivity (Wildman–Crippen MR) is 38.8 cm³/mol. The number of likely N-dealkylation sites (tertiary alicyclic amines) is 1. The van der Waals surface area contributed by atoms with Crippen molar-refractivity contribution in [3.63, 3.8) is 0 Å². The molecule has 56 valence electrons. The molecule has 0 aromatic carbocycles. The normalized spacial score (nSPS) is 39.5. The number of fused-ring (bicyclic) bond motifs is 2. The highest BCUT2D eigenvalue weighted by atomic mass is 16.1. The maximum Gasteiger partial charge on any atom is 0.150 e. The molecule has 0 aromatic heterocycles. The fourth-order valence-electron chi connectivity index (χ4n) is 2.25. The Hall–Kier alpha value is -0.370. The minimum absolute atomic E-state index is 0.315. The van der Waals surface area contributed by atoms with Crippen molar-refractivity contribution in [2.75, 3.05) is 13.1 Å². The number of rotatable bonds is 1. The molecule has 1 heterocycles. The van der Waals surface area contributed by atoms with Crippen molar-refractivity contribution < 1.29 is 4.79 Å². The Morgan fingerprint density at radius 3 is 2.90 bits per heavy atom. The molecule has 0 amide bonds. The predicted octanol–water partition coefficient (Wildman–Crippen LogP) is 0.670. The number of Topliss-reactive ketones (excluding diaryl/α,β-unsaturated/α-hetero) is 1. The summed E-state index contributed by atoms with van der Waals surface area (Å²) < 4.78 is 0. The summed E-state index contributed by atoms with van der Waals surface area (Å²) in [6.45, 7) is 4.35. The standard InChI is InChI=1S/C8H13NO/c1-2-9-5-6-3-7(9)8(10)4-6/h6-7H,2-5H2,1H3. The van der Waals surface area contributed by atoms with E-state index >= 15 is 0 Å². The quantitative estimate of drug-likeness (QED) is 0.532. The summed E-state index contributed by atoms with van der Waals surface area (Å²) in [5.41, 5.74) is 0. The molecular weight excluding hydrogens is 126 g/mol. The molecule has 2 fully saturated rings. The van der Waals surface area contributed by atoms with Gasteiger partial charge in [0.2, 0.25) is 0 Å². The van der Waals surface area contributed by atoms with Gasteiger partial charge in [0.1, 0.15) is 5.78 Å². The molecule has 2 heteroatoms. The van der Waals surface area contributed by atoms with E-state index in [4.69, 9.17) is 0 Å². The van der Waals surface area contributed by atoms with E-state index < -0.39 is 0 Å². The fraction of sp³-hybridized carbons (Fsp3) is 0.875. The van der Waals surface area contributed by atoms with Gasteiger partial charge in [0.05, 0.1) is 6.04 Å². The second kappa shape index (κ2) is 2.06. The van der Waals surface area contributed by atoms with Crippen LogP contribution < -0.4 is 0 Å². The number of hydrogen-bond donors (Lipinski definition) is 0. The van der Waals surface area contributed by atoms with Gasteiger partial charge in [0, 0.05) is 13.0 Å². The molecule has 0 spiro atoms. The summed E-state index contributed by atoms with van der Waals surface area (Å²) in [4.78, 5) is 13.5. The van der Waals surface area contributed by atoms with Crippen LogP contribution in [0.5, 0.6) is 0 Å². The van der Waals surface area contributed by atoms with Gasteiger partial charge in [-0.2, -0.15) is 0 Å². The molecule has 2 aliphatic rings. The van der Waals surface area contributed by atoms with Crippen molar-refractivity contribution in [2.24, 2.45) is 5.92 Å². The summed E-state index contributed by atoms with van der Waals surface area (Å²) in [6, 6.07) is 0.315. The molecule has 2 rings (SSSR count).